The number of rotatable bonds is 5. The first-order valence-electron chi connectivity index (χ1n) is 4.84. The molecule has 0 fully saturated rings. The summed E-state index contributed by atoms with van der Waals surface area (Å²) in [6.45, 7) is 2.64. The average molecular weight is 208 g/mol. The molecule has 0 bridgehead atoms. The molecule has 0 aliphatic heterocycles. The van der Waals surface area contributed by atoms with Crippen molar-refractivity contribution in [3.05, 3.63) is 23.8 Å². The SMILES string of the molecule is CCCOc1ccc(OC)cc1C(=N)N. The number of nitrogens with one attached hydrogen (secondary N) is 1. The summed E-state index contributed by atoms with van der Waals surface area (Å²) in [6.07, 6.45) is 0.920. The molecule has 82 valence electrons. The van der Waals surface area contributed by atoms with E-state index in [9.17, 15) is 0 Å². The minimum Gasteiger partial charge on any atom is -0.497 e. The number of methoxy groups -OCH3 is 1. The lowest BCUT2D eigenvalue weighted by Crippen LogP contribution is -2.13. The molecule has 0 heterocycles. The molecule has 0 aliphatic carbocycles. The molecule has 0 saturated heterocycles. The molecule has 0 radical (unpaired) electrons. The first-order chi connectivity index (χ1) is 7.19. The molecule has 4 nitrogen and oxygen atoms in total. The summed E-state index contributed by atoms with van der Waals surface area (Å²) in [5, 5.41) is 7.43. The highest BCUT2D eigenvalue weighted by Crippen LogP contribution is 2.23. The molecule has 4 heteroatoms. The maximum atomic E-state index is 7.43. The van der Waals surface area contributed by atoms with Crippen molar-refractivity contribution in [2.45, 2.75) is 13.3 Å². The van der Waals surface area contributed by atoms with E-state index < -0.39 is 0 Å². The van der Waals surface area contributed by atoms with Crippen LogP contribution in [-0.4, -0.2) is 19.6 Å². The van der Waals surface area contributed by atoms with Crippen LogP contribution in [0.25, 0.3) is 0 Å². The van der Waals surface area contributed by atoms with Gasteiger partial charge >= 0.3 is 0 Å². The van der Waals surface area contributed by atoms with Crippen LogP contribution in [0.4, 0.5) is 0 Å². The monoisotopic (exact) mass is 208 g/mol. The highest BCUT2D eigenvalue weighted by atomic mass is 16.5. The predicted octanol–water partition coefficient (Wildman–Crippen LogP) is 1.77. The Labute approximate surface area is 89.5 Å². The number of hydrogen-bond acceptors (Lipinski definition) is 3. The minimum absolute atomic E-state index is 0.0139. The van der Waals surface area contributed by atoms with E-state index in [0.717, 1.165) is 6.42 Å². The van der Waals surface area contributed by atoms with Gasteiger partial charge in [0.15, 0.2) is 0 Å². The molecule has 1 aromatic carbocycles. The maximum Gasteiger partial charge on any atom is 0.130 e. The molecule has 1 rings (SSSR count). The summed E-state index contributed by atoms with van der Waals surface area (Å²) in [5.74, 6) is 1.29. The number of benzene rings is 1. The quantitative estimate of drug-likeness (QED) is 0.572. The van der Waals surface area contributed by atoms with Crippen molar-refractivity contribution in [2.24, 2.45) is 5.73 Å². The lowest BCUT2D eigenvalue weighted by molar-refractivity contribution is 0.316. The lowest BCUT2D eigenvalue weighted by Gasteiger charge is -2.11. The van der Waals surface area contributed by atoms with Gasteiger partial charge in [-0.05, 0) is 24.6 Å². The Kier molecular flexibility index (Phi) is 3.97. The van der Waals surface area contributed by atoms with E-state index in [2.05, 4.69) is 0 Å². The Balaban J connectivity index is 2.98. The zero-order valence-electron chi connectivity index (χ0n) is 9.04. The van der Waals surface area contributed by atoms with E-state index >= 15 is 0 Å². The second kappa shape index (κ2) is 5.24. The van der Waals surface area contributed by atoms with Crippen molar-refractivity contribution in [1.29, 1.82) is 5.41 Å². The van der Waals surface area contributed by atoms with Crippen LogP contribution in [-0.2, 0) is 0 Å². The van der Waals surface area contributed by atoms with Crippen LogP contribution in [0, 0.1) is 5.41 Å². The second-order valence-corrected chi connectivity index (χ2v) is 3.12. The first-order valence-corrected chi connectivity index (χ1v) is 4.84. The summed E-state index contributed by atoms with van der Waals surface area (Å²) < 4.78 is 10.5. The van der Waals surface area contributed by atoms with Crippen molar-refractivity contribution in [3.8, 4) is 11.5 Å². The van der Waals surface area contributed by atoms with Crippen LogP contribution in [0.2, 0.25) is 0 Å². The van der Waals surface area contributed by atoms with Gasteiger partial charge in [-0.15, -0.1) is 0 Å². The van der Waals surface area contributed by atoms with Gasteiger partial charge in [-0.25, -0.2) is 0 Å². The van der Waals surface area contributed by atoms with Crippen LogP contribution >= 0.6 is 0 Å². The third-order valence-corrected chi connectivity index (χ3v) is 1.94. The van der Waals surface area contributed by atoms with Crippen molar-refractivity contribution >= 4 is 5.84 Å². The third-order valence-electron chi connectivity index (χ3n) is 1.94. The zero-order chi connectivity index (χ0) is 11.3. The van der Waals surface area contributed by atoms with Crippen LogP contribution in [0.5, 0.6) is 11.5 Å². The van der Waals surface area contributed by atoms with Crippen LogP contribution < -0.4 is 15.2 Å². The van der Waals surface area contributed by atoms with Gasteiger partial charge in [0, 0.05) is 0 Å². The van der Waals surface area contributed by atoms with Gasteiger partial charge in [0.2, 0.25) is 0 Å². The van der Waals surface area contributed by atoms with Gasteiger partial charge in [-0.2, -0.15) is 0 Å². The Bertz CT molecular complexity index is 350. The summed E-state index contributed by atoms with van der Waals surface area (Å²) in [4.78, 5) is 0. The van der Waals surface area contributed by atoms with Gasteiger partial charge in [0.05, 0.1) is 19.3 Å². The molecule has 0 unspecified atom stereocenters. The largest absolute Gasteiger partial charge is 0.497 e. The van der Waals surface area contributed by atoms with E-state index in [0.29, 0.717) is 23.7 Å². The van der Waals surface area contributed by atoms with E-state index in [1.807, 2.05) is 6.92 Å². The minimum atomic E-state index is -0.0139. The number of hydrogen-bond donors (Lipinski definition) is 2. The van der Waals surface area contributed by atoms with E-state index in [4.69, 9.17) is 20.6 Å². The van der Waals surface area contributed by atoms with Crippen molar-refractivity contribution in [2.75, 3.05) is 13.7 Å². The number of nitrogens with two attached hydrogens (primary N) is 1. The van der Waals surface area contributed by atoms with Crippen molar-refractivity contribution in [1.82, 2.24) is 0 Å². The molecule has 0 aliphatic rings. The Hall–Kier alpha value is -1.71. The Morgan fingerprint density at radius 1 is 1.47 bits per heavy atom. The molecular formula is C11H16N2O2. The van der Waals surface area contributed by atoms with E-state index in [1.165, 1.54) is 0 Å². The fourth-order valence-electron chi connectivity index (χ4n) is 1.18. The van der Waals surface area contributed by atoms with Gasteiger partial charge in [-0.1, -0.05) is 6.92 Å². The van der Waals surface area contributed by atoms with Crippen molar-refractivity contribution in [3.63, 3.8) is 0 Å². The standard InChI is InChI=1S/C11H16N2O2/c1-3-6-15-10-5-4-8(14-2)7-9(10)11(12)13/h4-5,7H,3,6H2,1-2H3,(H3,12,13). The van der Waals surface area contributed by atoms with E-state index in [1.54, 1.807) is 25.3 Å². The molecule has 0 saturated carbocycles. The third kappa shape index (κ3) is 2.87. The summed E-state index contributed by atoms with van der Waals surface area (Å²) in [6, 6.07) is 5.26. The molecule has 0 atom stereocenters. The van der Waals surface area contributed by atoms with E-state index in [-0.39, 0.29) is 5.84 Å². The molecule has 1 aromatic rings. The average Bonchev–Trinajstić information content (AvgIpc) is 2.26. The summed E-state index contributed by atoms with van der Waals surface area (Å²) in [5.41, 5.74) is 6.03. The van der Waals surface area contributed by atoms with Gasteiger partial charge < -0.3 is 15.2 Å². The smallest absolute Gasteiger partial charge is 0.130 e. The zero-order valence-corrected chi connectivity index (χ0v) is 9.04. The van der Waals surface area contributed by atoms with Crippen LogP contribution in [0.15, 0.2) is 18.2 Å². The Morgan fingerprint density at radius 3 is 2.73 bits per heavy atom. The molecule has 0 spiro atoms. The van der Waals surface area contributed by atoms with Gasteiger partial charge in [0.1, 0.15) is 17.3 Å². The maximum absolute atomic E-state index is 7.43. The first kappa shape index (κ1) is 11.4. The van der Waals surface area contributed by atoms with Crippen molar-refractivity contribution < 1.29 is 9.47 Å². The Morgan fingerprint density at radius 2 is 2.20 bits per heavy atom. The number of nitrogen functional groups attached to an aromatic ring is 1. The van der Waals surface area contributed by atoms with Gasteiger partial charge in [0.25, 0.3) is 0 Å². The predicted molar refractivity (Wildman–Crippen MR) is 59.8 cm³/mol. The van der Waals surface area contributed by atoms with Crippen LogP contribution in [0.3, 0.4) is 0 Å². The highest BCUT2D eigenvalue weighted by Gasteiger charge is 2.07. The number of amidine groups is 1. The second-order valence-electron chi connectivity index (χ2n) is 3.12. The molecule has 0 amide bonds. The molecule has 3 N–H and O–H groups in total. The molecule has 0 aromatic heterocycles. The molecule has 15 heavy (non-hydrogen) atoms. The topological polar surface area (TPSA) is 68.3 Å². The fraction of sp³-hybridized carbons (Fsp3) is 0.364. The lowest BCUT2D eigenvalue weighted by atomic mass is 10.1. The normalized spacial score (nSPS) is 9.73. The summed E-state index contributed by atoms with van der Waals surface area (Å²) in [7, 11) is 1.58. The van der Waals surface area contributed by atoms with Gasteiger partial charge in [-0.3, -0.25) is 5.41 Å². The summed E-state index contributed by atoms with van der Waals surface area (Å²) >= 11 is 0. The van der Waals surface area contributed by atoms with Crippen LogP contribution in [0.1, 0.15) is 18.9 Å². The highest BCUT2D eigenvalue weighted by molar-refractivity contribution is 5.98. The number of ether oxygens (including phenoxy) is 2. The fourth-order valence-corrected chi connectivity index (χ4v) is 1.18. The molecular weight excluding hydrogens is 192 g/mol.